The molecular formula is C21H27N3O2S2. The molecule has 2 aromatic carbocycles. The van der Waals surface area contributed by atoms with Crippen LogP contribution in [-0.2, 0) is 10.0 Å². The first-order valence-corrected chi connectivity index (χ1v) is 11.4. The van der Waals surface area contributed by atoms with Crippen LogP contribution in [0.2, 0.25) is 0 Å². The van der Waals surface area contributed by atoms with E-state index in [0.717, 1.165) is 41.6 Å². The van der Waals surface area contributed by atoms with E-state index in [4.69, 9.17) is 12.2 Å². The van der Waals surface area contributed by atoms with Crippen LogP contribution in [0.4, 0.5) is 11.4 Å². The second-order valence-electron chi connectivity index (χ2n) is 7.40. The number of thiocarbonyl (C=S) groups is 1. The highest BCUT2D eigenvalue weighted by Gasteiger charge is 2.27. The van der Waals surface area contributed by atoms with Gasteiger partial charge >= 0.3 is 0 Å². The molecule has 0 aliphatic carbocycles. The van der Waals surface area contributed by atoms with Gasteiger partial charge in [0.05, 0.1) is 4.90 Å². The van der Waals surface area contributed by atoms with Crippen LogP contribution in [0.15, 0.2) is 41.3 Å². The Bertz CT molecular complexity index is 961. The summed E-state index contributed by atoms with van der Waals surface area (Å²) >= 11 is 5.42. The lowest BCUT2D eigenvalue weighted by atomic mass is 10.1. The first-order valence-electron chi connectivity index (χ1n) is 9.53. The SMILES string of the molecule is Cc1cc(C)cc(NC(=S)Nc2ccc(C)c(S(=O)(=O)N3CCCCC3)c2)c1. The number of hydrogen-bond acceptors (Lipinski definition) is 3. The minimum absolute atomic E-state index is 0.341. The molecule has 0 aromatic heterocycles. The molecule has 28 heavy (non-hydrogen) atoms. The molecule has 2 aromatic rings. The number of hydrogen-bond donors (Lipinski definition) is 2. The van der Waals surface area contributed by atoms with Crippen molar-refractivity contribution in [3.8, 4) is 0 Å². The highest BCUT2D eigenvalue weighted by atomic mass is 32.2. The van der Waals surface area contributed by atoms with Crippen LogP contribution in [-0.4, -0.2) is 30.9 Å². The van der Waals surface area contributed by atoms with E-state index in [9.17, 15) is 8.42 Å². The van der Waals surface area contributed by atoms with Crippen molar-refractivity contribution in [3.63, 3.8) is 0 Å². The normalized spacial score (nSPS) is 15.2. The molecule has 0 amide bonds. The third-order valence-electron chi connectivity index (χ3n) is 4.86. The molecule has 150 valence electrons. The zero-order valence-electron chi connectivity index (χ0n) is 16.6. The lowest BCUT2D eigenvalue weighted by Crippen LogP contribution is -2.36. The van der Waals surface area contributed by atoms with E-state index in [2.05, 4.69) is 16.7 Å². The summed E-state index contributed by atoms with van der Waals surface area (Å²) in [7, 11) is -3.49. The number of sulfonamides is 1. The maximum atomic E-state index is 13.1. The molecule has 0 saturated carbocycles. The second kappa shape index (κ2) is 8.59. The molecule has 3 rings (SSSR count). The van der Waals surface area contributed by atoms with Gasteiger partial charge in [-0.25, -0.2) is 8.42 Å². The molecular weight excluding hydrogens is 390 g/mol. The number of nitrogens with one attached hydrogen (secondary N) is 2. The monoisotopic (exact) mass is 417 g/mol. The minimum atomic E-state index is -3.49. The van der Waals surface area contributed by atoms with Gasteiger partial charge in [-0.15, -0.1) is 0 Å². The first kappa shape index (κ1) is 20.8. The van der Waals surface area contributed by atoms with E-state index in [-0.39, 0.29) is 0 Å². The fourth-order valence-electron chi connectivity index (χ4n) is 3.54. The van der Waals surface area contributed by atoms with E-state index in [1.165, 1.54) is 0 Å². The second-order valence-corrected chi connectivity index (χ2v) is 9.72. The van der Waals surface area contributed by atoms with Gasteiger partial charge in [-0.3, -0.25) is 0 Å². The number of aryl methyl sites for hydroxylation is 3. The molecule has 0 bridgehead atoms. The van der Waals surface area contributed by atoms with Crippen molar-refractivity contribution in [2.24, 2.45) is 0 Å². The van der Waals surface area contributed by atoms with Gasteiger partial charge in [-0.1, -0.05) is 18.6 Å². The van der Waals surface area contributed by atoms with Crippen molar-refractivity contribution >= 4 is 38.7 Å². The van der Waals surface area contributed by atoms with Gasteiger partial charge in [0.15, 0.2) is 5.11 Å². The summed E-state index contributed by atoms with van der Waals surface area (Å²) in [6, 6.07) is 11.5. The van der Waals surface area contributed by atoms with E-state index in [1.54, 1.807) is 10.4 Å². The van der Waals surface area contributed by atoms with E-state index in [0.29, 0.717) is 28.8 Å². The third-order valence-corrected chi connectivity index (χ3v) is 7.10. The van der Waals surface area contributed by atoms with Crippen molar-refractivity contribution in [2.45, 2.75) is 44.9 Å². The average molecular weight is 418 g/mol. The fourth-order valence-corrected chi connectivity index (χ4v) is 5.54. The van der Waals surface area contributed by atoms with E-state index >= 15 is 0 Å². The highest BCUT2D eigenvalue weighted by Crippen LogP contribution is 2.26. The predicted molar refractivity (Wildman–Crippen MR) is 120 cm³/mol. The summed E-state index contributed by atoms with van der Waals surface area (Å²) in [6.07, 6.45) is 2.92. The quantitative estimate of drug-likeness (QED) is 0.712. The standard InChI is InChI=1S/C21H27N3O2S2/c1-15-11-16(2)13-19(12-15)23-21(27)22-18-8-7-17(3)20(14-18)28(25,26)24-9-5-4-6-10-24/h7-8,11-14H,4-6,9-10H2,1-3H3,(H2,22,23,27). The summed E-state index contributed by atoms with van der Waals surface area (Å²) in [6.45, 7) is 7.07. The Morgan fingerprint density at radius 1 is 0.893 bits per heavy atom. The molecule has 5 nitrogen and oxygen atoms in total. The van der Waals surface area contributed by atoms with Crippen LogP contribution in [0.5, 0.6) is 0 Å². The Kier molecular flexibility index (Phi) is 6.37. The molecule has 0 atom stereocenters. The van der Waals surface area contributed by atoms with Crippen LogP contribution >= 0.6 is 12.2 Å². The highest BCUT2D eigenvalue weighted by molar-refractivity contribution is 7.89. The summed E-state index contributed by atoms with van der Waals surface area (Å²) < 4.78 is 27.7. The Balaban J connectivity index is 1.78. The maximum absolute atomic E-state index is 13.1. The van der Waals surface area contributed by atoms with Crippen LogP contribution < -0.4 is 10.6 Å². The summed E-state index contributed by atoms with van der Waals surface area (Å²) in [4.78, 5) is 0.341. The van der Waals surface area contributed by atoms with Crippen LogP contribution in [0.25, 0.3) is 0 Å². The van der Waals surface area contributed by atoms with Gasteiger partial charge in [0.2, 0.25) is 10.0 Å². The molecule has 7 heteroatoms. The summed E-state index contributed by atoms with van der Waals surface area (Å²) in [5.74, 6) is 0. The van der Waals surface area contributed by atoms with Crippen molar-refractivity contribution in [2.75, 3.05) is 23.7 Å². The topological polar surface area (TPSA) is 61.4 Å². The molecule has 1 aliphatic heterocycles. The number of benzene rings is 2. The van der Waals surface area contributed by atoms with Gasteiger partial charge in [0, 0.05) is 24.5 Å². The van der Waals surface area contributed by atoms with E-state index < -0.39 is 10.0 Å². The smallest absolute Gasteiger partial charge is 0.243 e. The first-order chi connectivity index (χ1) is 13.3. The Morgan fingerprint density at radius 2 is 1.50 bits per heavy atom. The minimum Gasteiger partial charge on any atom is -0.332 e. The molecule has 1 heterocycles. The molecule has 1 fully saturated rings. The van der Waals surface area contributed by atoms with Crippen molar-refractivity contribution in [1.82, 2.24) is 4.31 Å². The lowest BCUT2D eigenvalue weighted by Gasteiger charge is -2.26. The molecule has 0 radical (unpaired) electrons. The van der Waals surface area contributed by atoms with Gasteiger partial charge in [-0.2, -0.15) is 4.31 Å². The molecule has 0 unspecified atom stereocenters. The molecule has 1 saturated heterocycles. The Morgan fingerprint density at radius 3 is 2.14 bits per heavy atom. The largest absolute Gasteiger partial charge is 0.332 e. The predicted octanol–water partition coefficient (Wildman–Crippen LogP) is 4.60. The van der Waals surface area contributed by atoms with Crippen molar-refractivity contribution < 1.29 is 8.42 Å². The van der Waals surface area contributed by atoms with Crippen molar-refractivity contribution in [3.05, 3.63) is 53.1 Å². The molecule has 0 spiro atoms. The Hall–Kier alpha value is -1.96. The zero-order valence-corrected chi connectivity index (χ0v) is 18.2. The molecule has 1 aliphatic rings. The third kappa shape index (κ3) is 4.90. The van der Waals surface area contributed by atoms with Crippen LogP contribution in [0.3, 0.4) is 0 Å². The molecule has 2 N–H and O–H groups in total. The number of anilines is 2. The van der Waals surface area contributed by atoms with Gasteiger partial charge in [0.1, 0.15) is 0 Å². The number of piperidine rings is 1. The van der Waals surface area contributed by atoms with E-state index in [1.807, 2.05) is 45.0 Å². The van der Waals surface area contributed by atoms with Crippen molar-refractivity contribution in [1.29, 1.82) is 0 Å². The summed E-state index contributed by atoms with van der Waals surface area (Å²) in [5, 5.41) is 6.70. The number of nitrogens with zero attached hydrogens (tertiary/aromatic N) is 1. The lowest BCUT2D eigenvalue weighted by molar-refractivity contribution is 0.346. The average Bonchev–Trinajstić information content (AvgIpc) is 2.63. The van der Waals surface area contributed by atoms with Gasteiger partial charge in [0.25, 0.3) is 0 Å². The maximum Gasteiger partial charge on any atom is 0.243 e. The van der Waals surface area contributed by atoms with Gasteiger partial charge < -0.3 is 10.6 Å². The van der Waals surface area contributed by atoms with Crippen LogP contribution in [0.1, 0.15) is 36.0 Å². The fraction of sp³-hybridized carbons (Fsp3) is 0.381. The zero-order chi connectivity index (χ0) is 20.3. The summed E-state index contributed by atoms with van der Waals surface area (Å²) in [5.41, 5.74) is 4.60. The Labute approximate surface area is 173 Å². The van der Waals surface area contributed by atoms with Crippen LogP contribution in [0, 0.1) is 20.8 Å². The number of rotatable bonds is 4. The van der Waals surface area contributed by atoms with Gasteiger partial charge in [-0.05, 0) is 86.8 Å².